The highest BCUT2D eigenvalue weighted by Gasteiger charge is 2.24. The molecule has 2 aromatic rings. The van der Waals surface area contributed by atoms with Crippen LogP contribution in [0.25, 0.3) is 11.0 Å². The first-order valence-corrected chi connectivity index (χ1v) is 8.21. The molecular weight excluding hydrogens is 260 g/mol. The lowest BCUT2D eigenvalue weighted by atomic mass is 9.95. The monoisotopic (exact) mass is 286 g/mol. The number of hydrogen-bond acceptors (Lipinski definition) is 3. The molecule has 1 fully saturated rings. The first-order chi connectivity index (χ1) is 10.3. The number of benzene rings is 1. The molecule has 21 heavy (non-hydrogen) atoms. The Morgan fingerprint density at radius 3 is 2.71 bits per heavy atom. The van der Waals surface area contributed by atoms with Gasteiger partial charge in [-0.2, -0.15) is 0 Å². The summed E-state index contributed by atoms with van der Waals surface area (Å²) in [6.07, 6.45) is 3.54. The average Bonchev–Trinajstić information content (AvgIpc) is 2.92. The first kappa shape index (κ1) is 14.5. The molecule has 0 spiro atoms. The molecule has 0 atom stereocenters. The maximum atomic E-state index is 5.60. The van der Waals surface area contributed by atoms with Crippen molar-refractivity contribution >= 4 is 11.0 Å². The Labute approximate surface area is 126 Å². The molecule has 2 heterocycles. The lowest BCUT2D eigenvalue weighted by Crippen LogP contribution is -2.35. The van der Waals surface area contributed by atoms with E-state index in [1.54, 1.807) is 0 Å². The van der Waals surface area contributed by atoms with Crippen LogP contribution < -0.4 is 5.73 Å². The molecule has 1 aliphatic rings. The standard InChI is InChI=1S/C17H26N4/c1-2-21-16-7-4-3-6-15(16)19-17(21)14-8-12-20(13-9-14)11-5-10-18/h3-4,6-7,14H,2,5,8-13,18H2,1H3. The lowest BCUT2D eigenvalue weighted by Gasteiger charge is -2.31. The fourth-order valence-electron chi connectivity index (χ4n) is 3.47. The number of piperidine rings is 1. The maximum absolute atomic E-state index is 5.60. The van der Waals surface area contributed by atoms with E-state index in [9.17, 15) is 0 Å². The summed E-state index contributed by atoms with van der Waals surface area (Å²) < 4.78 is 2.40. The van der Waals surface area contributed by atoms with Gasteiger partial charge < -0.3 is 15.2 Å². The highest BCUT2D eigenvalue weighted by molar-refractivity contribution is 5.76. The quantitative estimate of drug-likeness (QED) is 0.919. The molecule has 0 saturated carbocycles. The van der Waals surface area contributed by atoms with Gasteiger partial charge in [0, 0.05) is 12.5 Å². The Morgan fingerprint density at radius 2 is 2.00 bits per heavy atom. The molecule has 0 unspecified atom stereocenters. The summed E-state index contributed by atoms with van der Waals surface area (Å²) in [6, 6.07) is 8.50. The maximum Gasteiger partial charge on any atom is 0.113 e. The van der Waals surface area contributed by atoms with E-state index >= 15 is 0 Å². The zero-order valence-electron chi connectivity index (χ0n) is 13.0. The van der Waals surface area contributed by atoms with Crippen LogP contribution in [0.15, 0.2) is 24.3 Å². The van der Waals surface area contributed by atoms with E-state index in [-0.39, 0.29) is 0 Å². The van der Waals surface area contributed by atoms with Gasteiger partial charge in [0.05, 0.1) is 11.0 Å². The summed E-state index contributed by atoms with van der Waals surface area (Å²) in [6.45, 7) is 7.52. The topological polar surface area (TPSA) is 47.1 Å². The Hall–Kier alpha value is -1.39. The molecule has 114 valence electrons. The van der Waals surface area contributed by atoms with Gasteiger partial charge in [0.1, 0.15) is 5.82 Å². The van der Waals surface area contributed by atoms with Crippen molar-refractivity contribution in [2.75, 3.05) is 26.2 Å². The fourth-order valence-corrected chi connectivity index (χ4v) is 3.47. The number of nitrogens with zero attached hydrogens (tertiary/aromatic N) is 3. The van der Waals surface area contributed by atoms with Gasteiger partial charge in [0.15, 0.2) is 0 Å². The minimum atomic E-state index is 0.603. The molecule has 4 heteroatoms. The van der Waals surface area contributed by atoms with Gasteiger partial charge in [-0.1, -0.05) is 12.1 Å². The summed E-state index contributed by atoms with van der Waals surface area (Å²) in [5, 5.41) is 0. The van der Waals surface area contributed by atoms with Crippen molar-refractivity contribution in [2.24, 2.45) is 5.73 Å². The summed E-state index contributed by atoms with van der Waals surface area (Å²) in [5.41, 5.74) is 8.02. The number of imidazole rings is 1. The van der Waals surface area contributed by atoms with Crippen LogP contribution in [0.4, 0.5) is 0 Å². The molecule has 3 rings (SSSR count). The number of rotatable bonds is 5. The van der Waals surface area contributed by atoms with Crippen molar-refractivity contribution in [3.8, 4) is 0 Å². The highest BCUT2D eigenvalue weighted by atomic mass is 15.1. The normalized spacial score (nSPS) is 17.6. The number of para-hydroxylation sites is 2. The number of fused-ring (bicyclic) bond motifs is 1. The van der Waals surface area contributed by atoms with Crippen molar-refractivity contribution < 1.29 is 0 Å². The first-order valence-electron chi connectivity index (χ1n) is 8.21. The molecule has 0 bridgehead atoms. The number of aryl methyl sites for hydroxylation is 1. The van der Waals surface area contributed by atoms with Gasteiger partial charge in [0.2, 0.25) is 0 Å². The molecular formula is C17H26N4. The second-order valence-electron chi connectivity index (χ2n) is 5.96. The van der Waals surface area contributed by atoms with Gasteiger partial charge >= 0.3 is 0 Å². The van der Waals surface area contributed by atoms with Crippen molar-refractivity contribution in [1.29, 1.82) is 0 Å². The smallest absolute Gasteiger partial charge is 0.113 e. The molecule has 1 saturated heterocycles. The summed E-state index contributed by atoms with van der Waals surface area (Å²) in [4.78, 5) is 7.46. The van der Waals surface area contributed by atoms with E-state index in [1.165, 1.54) is 37.3 Å². The van der Waals surface area contributed by atoms with E-state index in [0.717, 1.165) is 31.6 Å². The van der Waals surface area contributed by atoms with Crippen molar-refractivity contribution in [1.82, 2.24) is 14.5 Å². The van der Waals surface area contributed by atoms with Crippen LogP contribution in [0.2, 0.25) is 0 Å². The van der Waals surface area contributed by atoms with Crippen molar-refractivity contribution in [2.45, 2.75) is 38.6 Å². The SMILES string of the molecule is CCn1c(C2CCN(CCCN)CC2)nc2ccccc21. The Balaban J connectivity index is 1.76. The van der Waals surface area contributed by atoms with Gasteiger partial charge in [-0.25, -0.2) is 4.98 Å². The van der Waals surface area contributed by atoms with E-state index in [0.29, 0.717) is 5.92 Å². The van der Waals surface area contributed by atoms with Crippen molar-refractivity contribution in [3.63, 3.8) is 0 Å². The second kappa shape index (κ2) is 6.58. The Bertz CT molecular complexity index is 581. The van der Waals surface area contributed by atoms with Crippen LogP contribution in [0.5, 0.6) is 0 Å². The number of aromatic nitrogens is 2. The van der Waals surface area contributed by atoms with Crippen LogP contribution in [0, 0.1) is 0 Å². The van der Waals surface area contributed by atoms with E-state index < -0.39 is 0 Å². The van der Waals surface area contributed by atoms with Gasteiger partial charge in [0.25, 0.3) is 0 Å². The predicted molar refractivity (Wildman–Crippen MR) is 87.5 cm³/mol. The molecule has 1 aliphatic heterocycles. The highest BCUT2D eigenvalue weighted by Crippen LogP contribution is 2.30. The zero-order chi connectivity index (χ0) is 14.7. The molecule has 1 aromatic heterocycles. The third kappa shape index (κ3) is 2.97. The molecule has 2 N–H and O–H groups in total. The summed E-state index contributed by atoms with van der Waals surface area (Å²) >= 11 is 0. The van der Waals surface area contributed by atoms with E-state index in [4.69, 9.17) is 10.7 Å². The largest absolute Gasteiger partial charge is 0.330 e. The third-order valence-electron chi connectivity index (χ3n) is 4.63. The van der Waals surface area contributed by atoms with E-state index in [1.807, 2.05) is 0 Å². The Kier molecular flexibility index (Phi) is 4.56. The lowest BCUT2D eigenvalue weighted by molar-refractivity contribution is 0.207. The minimum absolute atomic E-state index is 0.603. The van der Waals surface area contributed by atoms with Crippen LogP contribution >= 0.6 is 0 Å². The van der Waals surface area contributed by atoms with Crippen LogP contribution in [0.1, 0.15) is 37.9 Å². The number of likely N-dealkylation sites (tertiary alicyclic amines) is 1. The third-order valence-corrected chi connectivity index (χ3v) is 4.63. The van der Waals surface area contributed by atoms with E-state index in [2.05, 4.69) is 40.7 Å². The average molecular weight is 286 g/mol. The summed E-state index contributed by atoms with van der Waals surface area (Å²) in [5.74, 6) is 1.89. The minimum Gasteiger partial charge on any atom is -0.330 e. The number of nitrogens with two attached hydrogens (primary N) is 1. The predicted octanol–water partition coefficient (Wildman–Crippen LogP) is 2.58. The fraction of sp³-hybridized carbons (Fsp3) is 0.588. The molecule has 4 nitrogen and oxygen atoms in total. The summed E-state index contributed by atoms with van der Waals surface area (Å²) in [7, 11) is 0. The van der Waals surface area contributed by atoms with Crippen LogP contribution in [0.3, 0.4) is 0 Å². The van der Waals surface area contributed by atoms with Crippen LogP contribution in [-0.4, -0.2) is 40.6 Å². The molecule has 0 amide bonds. The van der Waals surface area contributed by atoms with Crippen LogP contribution in [-0.2, 0) is 6.54 Å². The van der Waals surface area contributed by atoms with Gasteiger partial charge in [-0.05, 0) is 64.5 Å². The second-order valence-corrected chi connectivity index (χ2v) is 5.96. The van der Waals surface area contributed by atoms with Gasteiger partial charge in [-0.3, -0.25) is 0 Å². The zero-order valence-corrected chi connectivity index (χ0v) is 13.0. The number of hydrogen-bond donors (Lipinski definition) is 1. The van der Waals surface area contributed by atoms with Crippen molar-refractivity contribution in [3.05, 3.63) is 30.1 Å². The molecule has 0 radical (unpaired) electrons. The molecule has 1 aromatic carbocycles. The van der Waals surface area contributed by atoms with Gasteiger partial charge in [-0.15, -0.1) is 0 Å². The molecule has 0 aliphatic carbocycles. The Morgan fingerprint density at radius 1 is 1.24 bits per heavy atom.